The molecule has 1 N–H and O–H groups in total. The summed E-state index contributed by atoms with van der Waals surface area (Å²) in [5.74, 6) is 0.263. The average Bonchev–Trinajstić information content (AvgIpc) is 2.32. The third-order valence-corrected chi connectivity index (χ3v) is 2.39. The van der Waals surface area contributed by atoms with E-state index >= 15 is 0 Å². The van der Waals surface area contributed by atoms with Crippen molar-refractivity contribution in [1.82, 2.24) is 10.2 Å². The highest BCUT2D eigenvalue weighted by Crippen LogP contribution is 2.15. The van der Waals surface area contributed by atoms with E-state index in [1.165, 1.54) is 0 Å². The summed E-state index contributed by atoms with van der Waals surface area (Å²) in [6, 6.07) is 9.43. The highest BCUT2D eigenvalue weighted by molar-refractivity contribution is 5.96. The number of benzene rings is 1. The topological polar surface area (TPSA) is 74.0 Å². The van der Waals surface area contributed by atoms with Crippen molar-refractivity contribution in [2.45, 2.75) is 0 Å². The Morgan fingerprint density at radius 2 is 2.12 bits per heavy atom. The largest absolute Gasteiger partial charge is 0.338 e. The first-order valence-electron chi connectivity index (χ1n) is 5.15. The van der Waals surface area contributed by atoms with Gasteiger partial charge >= 0.3 is 0 Å². The van der Waals surface area contributed by atoms with E-state index < -0.39 is 5.03 Å². The maximum Gasteiger partial charge on any atom is 0.277 e. The molecule has 1 fully saturated rings. The lowest BCUT2D eigenvalue weighted by atomic mass is 10.3. The van der Waals surface area contributed by atoms with Crippen LogP contribution >= 0.6 is 0 Å². The van der Waals surface area contributed by atoms with Crippen LogP contribution in [0.5, 0.6) is 0 Å². The third-order valence-electron chi connectivity index (χ3n) is 2.39. The van der Waals surface area contributed by atoms with Crippen molar-refractivity contribution in [1.29, 1.82) is 0 Å². The molecule has 90 valence electrons. The molecule has 0 radical (unpaired) electrons. The highest BCUT2D eigenvalue weighted by Gasteiger charge is 2.23. The summed E-state index contributed by atoms with van der Waals surface area (Å²) < 4.78 is 0. The summed E-state index contributed by atoms with van der Waals surface area (Å²) in [4.78, 5) is 14.2. The van der Waals surface area contributed by atoms with Gasteiger partial charge in [-0.3, -0.25) is 9.80 Å². The van der Waals surface area contributed by atoms with E-state index in [1.54, 1.807) is 4.90 Å². The molecule has 1 aromatic carbocycles. The lowest BCUT2D eigenvalue weighted by molar-refractivity contribution is -0.485. The van der Waals surface area contributed by atoms with Gasteiger partial charge in [0, 0.05) is 5.69 Å². The van der Waals surface area contributed by atoms with E-state index in [0.717, 1.165) is 5.69 Å². The van der Waals surface area contributed by atoms with Crippen LogP contribution in [0.25, 0.3) is 0 Å². The lowest BCUT2D eigenvalue weighted by Gasteiger charge is -2.34. The van der Waals surface area contributed by atoms with E-state index in [1.807, 2.05) is 42.3 Å². The van der Waals surface area contributed by atoms with E-state index in [2.05, 4.69) is 10.4 Å². The quantitative estimate of drug-likeness (QED) is 0.596. The summed E-state index contributed by atoms with van der Waals surface area (Å²) in [5, 5.41) is 16.0. The Morgan fingerprint density at radius 3 is 2.76 bits per heavy atom. The van der Waals surface area contributed by atoms with Crippen LogP contribution in [0, 0.1) is 10.1 Å². The van der Waals surface area contributed by atoms with Crippen LogP contribution in [0.15, 0.2) is 35.4 Å². The Morgan fingerprint density at radius 1 is 1.41 bits per heavy atom. The van der Waals surface area contributed by atoms with Crippen molar-refractivity contribution in [3.63, 3.8) is 0 Å². The van der Waals surface area contributed by atoms with Crippen molar-refractivity contribution < 1.29 is 5.03 Å². The Bertz CT molecular complexity index is 434. The first kappa shape index (κ1) is 11.3. The molecule has 1 aliphatic rings. The van der Waals surface area contributed by atoms with Crippen LogP contribution in [0.2, 0.25) is 0 Å². The molecule has 0 unspecified atom stereocenters. The second-order valence-corrected chi connectivity index (χ2v) is 3.76. The van der Waals surface area contributed by atoms with Gasteiger partial charge in [0.25, 0.3) is 5.96 Å². The summed E-state index contributed by atoms with van der Waals surface area (Å²) in [5.41, 5.74) is 0.868. The van der Waals surface area contributed by atoms with Gasteiger partial charge in [-0.05, 0) is 19.2 Å². The Kier molecular flexibility index (Phi) is 3.20. The molecule has 0 aromatic heterocycles. The minimum absolute atomic E-state index is 0.263. The van der Waals surface area contributed by atoms with E-state index in [4.69, 9.17) is 0 Å². The molecule has 1 aliphatic heterocycles. The molecule has 7 nitrogen and oxygen atoms in total. The molecule has 0 spiro atoms. The van der Waals surface area contributed by atoms with Gasteiger partial charge in [0.15, 0.2) is 5.03 Å². The second kappa shape index (κ2) is 4.79. The number of hydrogen-bond acceptors (Lipinski definition) is 3. The molecule has 17 heavy (non-hydrogen) atoms. The Hall–Kier alpha value is -2.15. The Labute approximate surface area is 98.5 Å². The average molecular weight is 235 g/mol. The molecular formula is C10H13N5O2. The number of rotatable bonds is 2. The molecule has 0 bridgehead atoms. The van der Waals surface area contributed by atoms with Crippen LogP contribution in [0.3, 0.4) is 0 Å². The number of hydrazone groups is 1. The van der Waals surface area contributed by atoms with E-state index in [9.17, 15) is 10.1 Å². The number of hydrogen-bond donors (Lipinski definition) is 1. The maximum absolute atomic E-state index is 10.5. The van der Waals surface area contributed by atoms with Gasteiger partial charge in [0.1, 0.15) is 5.10 Å². The highest BCUT2D eigenvalue weighted by atomic mass is 16.7. The normalized spacial score (nSPS) is 19.1. The first-order valence-corrected chi connectivity index (χ1v) is 5.15. The second-order valence-electron chi connectivity index (χ2n) is 3.76. The molecule has 7 heteroatoms. The molecule has 0 aliphatic carbocycles. The van der Waals surface area contributed by atoms with Crippen LogP contribution in [-0.4, -0.2) is 36.3 Å². The standard InChI is InChI=1S/C10H13N5O2/c1-13-7-11-10(12-15(16)17)14(8-13)9-5-3-2-4-6-9/h2-6H,7-8H2,1H3,(H,11,12). The van der Waals surface area contributed by atoms with Gasteiger partial charge < -0.3 is 5.32 Å². The van der Waals surface area contributed by atoms with Crippen molar-refractivity contribution in [2.75, 3.05) is 25.3 Å². The third kappa shape index (κ3) is 2.70. The fraction of sp³-hybridized carbons (Fsp3) is 0.300. The number of nitrogens with one attached hydrogen (secondary N) is 1. The number of anilines is 1. The molecule has 0 atom stereocenters. The van der Waals surface area contributed by atoms with Crippen molar-refractivity contribution in [3.8, 4) is 0 Å². The van der Waals surface area contributed by atoms with Gasteiger partial charge in [-0.25, -0.2) is 10.1 Å². The van der Waals surface area contributed by atoms with Gasteiger partial charge in [-0.1, -0.05) is 18.2 Å². The minimum atomic E-state index is -0.691. The van der Waals surface area contributed by atoms with Gasteiger partial charge in [-0.15, -0.1) is 0 Å². The molecule has 0 amide bonds. The molecular weight excluding hydrogens is 222 g/mol. The smallest absolute Gasteiger partial charge is 0.277 e. The number of nitrogens with zero attached hydrogens (tertiary/aromatic N) is 4. The van der Waals surface area contributed by atoms with Crippen LogP contribution < -0.4 is 10.2 Å². The summed E-state index contributed by atoms with van der Waals surface area (Å²) in [6.45, 7) is 1.10. The zero-order chi connectivity index (χ0) is 12.3. The maximum atomic E-state index is 10.5. The monoisotopic (exact) mass is 235 g/mol. The minimum Gasteiger partial charge on any atom is -0.338 e. The Balaban J connectivity index is 2.29. The summed E-state index contributed by atoms with van der Waals surface area (Å²) in [7, 11) is 1.92. The molecule has 2 rings (SSSR count). The van der Waals surface area contributed by atoms with Gasteiger partial charge in [-0.2, -0.15) is 0 Å². The van der Waals surface area contributed by atoms with Crippen LogP contribution in [0.4, 0.5) is 5.69 Å². The van der Waals surface area contributed by atoms with Crippen molar-refractivity contribution in [3.05, 3.63) is 40.4 Å². The predicted molar refractivity (Wildman–Crippen MR) is 64.0 cm³/mol. The number of nitro groups is 1. The molecule has 0 saturated carbocycles. The summed E-state index contributed by atoms with van der Waals surface area (Å²) in [6.07, 6.45) is 0. The lowest BCUT2D eigenvalue weighted by Crippen LogP contribution is -2.56. The molecule has 1 aromatic rings. The van der Waals surface area contributed by atoms with Gasteiger partial charge in [0.05, 0.1) is 13.3 Å². The van der Waals surface area contributed by atoms with E-state index in [-0.39, 0.29) is 5.96 Å². The SMILES string of the molecule is CN1CN/C(=N\[N+](=O)[O-])N(c2ccccc2)C1. The van der Waals surface area contributed by atoms with Gasteiger partial charge in [0.2, 0.25) is 0 Å². The first-order chi connectivity index (χ1) is 8.16. The fourth-order valence-electron chi connectivity index (χ4n) is 1.64. The molecule has 1 saturated heterocycles. The predicted octanol–water partition coefficient (Wildman–Crippen LogP) is 0.491. The number of para-hydroxylation sites is 1. The molecule has 1 heterocycles. The van der Waals surface area contributed by atoms with Crippen molar-refractivity contribution in [2.24, 2.45) is 5.10 Å². The summed E-state index contributed by atoms with van der Waals surface area (Å²) >= 11 is 0. The zero-order valence-corrected chi connectivity index (χ0v) is 9.41. The van der Waals surface area contributed by atoms with Crippen LogP contribution in [0.1, 0.15) is 0 Å². The van der Waals surface area contributed by atoms with Crippen molar-refractivity contribution >= 4 is 11.6 Å². The van der Waals surface area contributed by atoms with E-state index in [0.29, 0.717) is 13.3 Å². The zero-order valence-electron chi connectivity index (χ0n) is 9.41. The number of guanidine groups is 1. The van der Waals surface area contributed by atoms with Crippen LogP contribution in [-0.2, 0) is 0 Å². The fourth-order valence-corrected chi connectivity index (χ4v) is 1.64.